The summed E-state index contributed by atoms with van der Waals surface area (Å²) in [5, 5.41) is 13.4. The van der Waals surface area contributed by atoms with Crippen molar-refractivity contribution < 1.29 is 9.90 Å². The summed E-state index contributed by atoms with van der Waals surface area (Å²) < 4.78 is 0. The first-order chi connectivity index (χ1) is 8.58. The molecule has 4 heteroatoms. The highest BCUT2D eigenvalue weighted by molar-refractivity contribution is 5.73. The number of amides is 1. The maximum Gasteiger partial charge on any atom is 0.219 e. The number of piperidine rings is 1. The third-order valence-corrected chi connectivity index (χ3v) is 4.11. The summed E-state index contributed by atoms with van der Waals surface area (Å²) >= 11 is 0. The standard InChI is InChI=1S/C14H26N2O2/c1-3-14(18)7-11-6-13(15-12-4-5-12)9-16(8-11)10(2)17/h11-15,18H,3-9H2,1-2H3. The number of hydrogen-bond donors (Lipinski definition) is 2. The summed E-state index contributed by atoms with van der Waals surface area (Å²) in [4.78, 5) is 13.5. The van der Waals surface area contributed by atoms with Crippen molar-refractivity contribution >= 4 is 5.91 Å². The van der Waals surface area contributed by atoms with Crippen molar-refractivity contribution in [1.29, 1.82) is 0 Å². The lowest BCUT2D eigenvalue weighted by Gasteiger charge is -2.38. The smallest absolute Gasteiger partial charge is 0.219 e. The number of carbonyl (C=O) groups excluding carboxylic acids is 1. The zero-order valence-electron chi connectivity index (χ0n) is 11.6. The summed E-state index contributed by atoms with van der Waals surface area (Å²) in [7, 11) is 0. The number of nitrogens with zero attached hydrogens (tertiary/aromatic N) is 1. The predicted octanol–water partition coefficient (Wildman–Crippen LogP) is 1.14. The van der Waals surface area contributed by atoms with Crippen molar-refractivity contribution in [2.24, 2.45) is 5.92 Å². The van der Waals surface area contributed by atoms with Gasteiger partial charge in [-0.05, 0) is 38.0 Å². The second-order valence-electron chi connectivity index (χ2n) is 5.96. The summed E-state index contributed by atoms with van der Waals surface area (Å²) in [6.07, 6.45) is 5.05. The van der Waals surface area contributed by atoms with E-state index in [-0.39, 0.29) is 12.0 Å². The van der Waals surface area contributed by atoms with E-state index >= 15 is 0 Å². The fraction of sp³-hybridized carbons (Fsp3) is 0.929. The van der Waals surface area contributed by atoms with Crippen LogP contribution in [0.5, 0.6) is 0 Å². The van der Waals surface area contributed by atoms with Crippen LogP contribution in [0.1, 0.15) is 46.0 Å². The van der Waals surface area contributed by atoms with Crippen molar-refractivity contribution in [2.45, 2.75) is 64.1 Å². The molecule has 2 fully saturated rings. The molecular formula is C14H26N2O2. The summed E-state index contributed by atoms with van der Waals surface area (Å²) in [5.74, 6) is 0.599. The number of likely N-dealkylation sites (tertiary alicyclic amines) is 1. The Morgan fingerprint density at radius 3 is 2.67 bits per heavy atom. The van der Waals surface area contributed by atoms with Gasteiger partial charge in [0.05, 0.1) is 6.10 Å². The Kier molecular flexibility index (Phi) is 4.62. The SMILES string of the molecule is CCC(O)CC1CC(NC2CC2)CN(C(C)=O)C1. The third-order valence-electron chi connectivity index (χ3n) is 4.11. The largest absolute Gasteiger partial charge is 0.393 e. The van der Waals surface area contributed by atoms with Gasteiger partial charge in [0.25, 0.3) is 0 Å². The van der Waals surface area contributed by atoms with Crippen LogP contribution in [0, 0.1) is 5.92 Å². The Hall–Kier alpha value is -0.610. The van der Waals surface area contributed by atoms with Gasteiger partial charge < -0.3 is 15.3 Å². The molecule has 0 bridgehead atoms. The van der Waals surface area contributed by atoms with Gasteiger partial charge in [0.1, 0.15) is 0 Å². The highest BCUT2D eigenvalue weighted by atomic mass is 16.3. The van der Waals surface area contributed by atoms with Gasteiger partial charge in [-0.2, -0.15) is 0 Å². The van der Waals surface area contributed by atoms with E-state index in [0.717, 1.165) is 32.4 Å². The summed E-state index contributed by atoms with van der Waals surface area (Å²) in [6, 6.07) is 1.10. The van der Waals surface area contributed by atoms with Crippen LogP contribution in [0.2, 0.25) is 0 Å². The van der Waals surface area contributed by atoms with Gasteiger partial charge in [0.2, 0.25) is 5.91 Å². The molecule has 1 amide bonds. The van der Waals surface area contributed by atoms with Gasteiger partial charge in [0.15, 0.2) is 0 Å². The monoisotopic (exact) mass is 254 g/mol. The zero-order chi connectivity index (χ0) is 13.1. The maximum absolute atomic E-state index is 11.6. The molecule has 3 atom stereocenters. The number of rotatable bonds is 5. The highest BCUT2D eigenvalue weighted by Crippen LogP contribution is 2.26. The molecule has 0 radical (unpaired) electrons. The second kappa shape index (κ2) is 6.02. The molecule has 1 saturated carbocycles. The lowest BCUT2D eigenvalue weighted by atomic mass is 9.88. The van der Waals surface area contributed by atoms with Gasteiger partial charge in [-0.3, -0.25) is 4.79 Å². The van der Waals surface area contributed by atoms with Gasteiger partial charge in [-0.25, -0.2) is 0 Å². The molecule has 1 heterocycles. The Morgan fingerprint density at radius 1 is 1.39 bits per heavy atom. The molecule has 0 aromatic carbocycles. The number of aliphatic hydroxyl groups is 1. The van der Waals surface area contributed by atoms with Gasteiger partial charge >= 0.3 is 0 Å². The first-order valence-electron chi connectivity index (χ1n) is 7.28. The van der Waals surface area contributed by atoms with Crippen LogP contribution >= 0.6 is 0 Å². The Morgan fingerprint density at radius 2 is 2.11 bits per heavy atom. The number of aliphatic hydroxyl groups excluding tert-OH is 1. The minimum Gasteiger partial charge on any atom is -0.393 e. The summed E-state index contributed by atoms with van der Waals surface area (Å²) in [6.45, 7) is 5.31. The van der Waals surface area contributed by atoms with Crippen LogP contribution in [0.3, 0.4) is 0 Å². The molecule has 0 aromatic rings. The molecule has 18 heavy (non-hydrogen) atoms. The Balaban J connectivity index is 1.89. The normalized spacial score (nSPS) is 30.3. The zero-order valence-corrected chi connectivity index (χ0v) is 11.6. The molecule has 4 nitrogen and oxygen atoms in total. The number of hydrogen-bond acceptors (Lipinski definition) is 3. The quantitative estimate of drug-likeness (QED) is 0.773. The van der Waals surface area contributed by atoms with Crippen molar-refractivity contribution in [2.75, 3.05) is 13.1 Å². The van der Waals surface area contributed by atoms with E-state index in [1.54, 1.807) is 6.92 Å². The lowest BCUT2D eigenvalue weighted by molar-refractivity contribution is -0.131. The van der Waals surface area contributed by atoms with Crippen LogP contribution in [-0.2, 0) is 4.79 Å². The Bertz CT molecular complexity index is 292. The van der Waals surface area contributed by atoms with Crippen molar-refractivity contribution in [1.82, 2.24) is 10.2 Å². The van der Waals surface area contributed by atoms with Crippen LogP contribution in [0.25, 0.3) is 0 Å². The average Bonchev–Trinajstić information content (AvgIpc) is 3.12. The highest BCUT2D eigenvalue weighted by Gasteiger charge is 2.32. The molecule has 104 valence electrons. The molecular weight excluding hydrogens is 228 g/mol. The van der Waals surface area contributed by atoms with E-state index < -0.39 is 0 Å². The predicted molar refractivity (Wildman–Crippen MR) is 71.2 cm³/mol. The van der Waals surface area contributed by atoms with Crippen molar-refractivity contribution in [3.05, 3.63) is 0 Å². The summed E-state index contributed by atoms with van der Waals surface area (Å²) in [5.41, 5.74) is 0. The topological polar surface area (TPSA) is 52.6 Å². The van der Waals surface area contributed by atoms with E-state index in [1.165, 1.54) is 12.8 Å². The average molecular weight is 254 g/mol. The fourth-order valence-electron chi connectivity index (χ4n) is 2.89. The first-order valence-corrected chi connectivity index (χ1v) is 7.28. The molecule has 0 aromatic heterocycles. The van der Waals surface area contributed by atoms with Crippen LogP contribution in [0.4, 0.5) is 0 Å². The van der Waals surface area contributed by atoms with E-state index in [1.807, 2.05) is 11.8 Å². The van der Waals surface area contributed by atoms with E-state index in [0.29, 0.717) is 18.0 Å². The third kappa shape index (κ3) is 3.95. The van der Waals surface area contributed by atoms with Crippen molar-refractivity contribution in [3.8, 4) is 0 Å². The van der Waals surface area contributed by atoms with E-state index in [4.69, 9.17) is 0 Å². The second-order valence-corrected chi connectivity index (χ2v) is 5.96. The van der Waals surface area contributed by atoms with Gasteiger partial charge in [-0.1, -0.05) is 6.92 Å². The molecule has 2 rings (SSSR count). The minimum atomic E-state index is -0.219. The molecule has 1 saturated heterocycles. The first kappa shape index (κ1) is 13.8. The van der Waals surface area contributed by atoms with Gasteiger partial charge in [0, 0.05) is 32.1 Å². The van der Waals surface area contributed by atoms with Crippen LogP contribution in [0.15, 0.2) is 0 Å². The number of carbonyl (C=O) groups is 1. The lowest BCUT2D eigenvalue weighted by Crippen LogP contribution is -2.51. The fourth-order valence-corrected chi connectivity index (χ4v) is 2.89. The molecule has 2 aliphatic rings. The molecule has 2 N–H and O–H groups in total. The molecule has 1 aliphatic carbocycles. The van der Waals surface area contributed by atoms with E-state index in [9.17, 15) is 9.90 Å². The maximum atomic E-state index is 11.6. The molecule has 1 aliphatic heterocycles. The Labute approximate surface area is 110 Å². The minimum absolute atomic E-state index is 0.160. The van der Waals surface area contributed by atoms with Crippen LogP contribution in [-0.4, -0.2) is 47.2 Å². The molecule has 0 spiro atoms. The molecule has 3 unspecified atom stereocenters. The van der Waals surface area contributed by atoms with Gasteiger partial charge in [-0.15, -0.1) is 0 Å². The van der Waals surface area contributed by atoms with E-state index in [2.05, 4.69) is 5.32 Å². The van der Waals surface area contributed by atoms with Crippen LogP contribution < -0.4 is 5.32 Å². The number of nitrogens with one attached hydrogen (secondary N) is 1. The van der Waals surface area contributed by atoms with Crippen molar-refractivity contribution in [3.63, 3.8) is 0 Å².